The summed E-state index contributed by atoms with van der Waals surface area (Å²) in [5.41, 5.74) is 2.30. The summed E-state index contributed by atoms with van der Waals surface area (Å²) in [5, 5.41) is 9.00. The van der Waals surface area contributed by atoms with Crippen molar-refractivity contribution in [2.45, 2.75) is 72.5 Å². The van der Waals surface area contributed by atoms with E-state index in [0.717, 1.165) is 48.8 Å². The quantitative estimate of drug-likeness (QED) is 0.818. The number of halogens is 1. The van der Waals surface area contributed by atoms with Gasteiger partial charge < -0.3 is 5.32 Å². The van der Waals surface area contributed by atoms with Gasteiger partial charge in [0.25, 0.3) is 0 Å². The van der Waals surface area contributed by atoms with Crippen molar-refractivity contribution in [1.29, 1.82) is 0 Å². The summed E-state index contributed by atoms with van der Waals surface area (Å²) in [6.45, 7) is 12.5. The Morgan fingerprint density at radius 1 is 1.22 bits per heavy atom. The van der Waals surface area contributed by atoms with Gasteiger partial charge in [0, 0.05) is 18.6 Å². The molecule has 18 heavy (non-hydrogen) atoms. The van der Waals surface area contributed by atoms with Crippen LogP contribution in [0.3, 0.4) is 0 Å². The Kier molecular flexibility index (Phi) is 5.67. The van der Waals surface area contributed by atoms with Crippen LogP contribution in [0.5, 0.6) is 0 Å². The van der Waals surface area contributed by atoms with E-state index >= 15 is 0 Å². The lowest BCUT2D eigenvalue weighted by atomic mass is 9.95. The van der Waals surface area contributed by atoms with E-state index in [1.165, 1.54) is 0 Å². The maximum atomic E-state index is 6.40. The standard InChI is InChI=1S/C14H26ClN3/c1-6-11-13(15)12(18(9-4)17-11)10-16-14(5,7-2)8-3/h16H,6-10H2,1-5H3. The molecule has 0 saturated heterocycles. The van der Waals surface area contributed by atoms with Gasteiger partial charge in [0.05, 0.1) is 16.4 Å². The van der Waals surface area contributed by atoms with Crippen LogP contribution in [0.25, 0.3) is 0 Å². The average molecular weight is 272 g/mol. The number of hydrogen-bond acceptors (Lipinski definition) is 2. The minimum absolute atomic E-state index is 0.179. The second-order valence-electron chi connectivity index (χ2n) is 5.00. The third-order valence-corrected chi connectivity index (χ3v) is 4.37. The molecule has 4 heteroatoms. The van der Waals surface area contributed by atoms with Gasteiger partial charge in [-0.2, -0.15) is 5.10 Å². The van der Waals surface area contributed by atoms with E-state index in [1.54, 1.807) is 0 Å². The molecule has 0 aliphatic carbocycles. The van der Waals surface area contributed by atoms with E-state index in [0.29, 0.717) is 0 Å². The molecule has 1 aromatic heterocycles. The van der Waals surface area contributed by atoms with Gasteiger partial charge in [0.15, 0.2) is 0 Å². The fraction of sp³-hybridized carbons (Fsp3) is 0.786. The molecule has 1 heterocycles. The van der Waals surface area contributed by atoms with Crippen molar-refractivity contribution in [3.63, 3.8) is 0 Å². The normalized spacial score (nSPS) is 12.1. The zero-order chi connectivity index (χ0) is 13.8. The lowest BCUT2D eigenvalue weighted by molar-refractivity contribution is 0.324. The summed E-state index contributed by atoms with van der Waals surface area (Å²) >= 11 is 6.40. The largest absolute Gasteiger partial charge is 0.306 e. The minimum Gasteiger partial charge on any atom is -0.306 e. The van der Waals surface area contributed by atoms with Gasteiger partial charge in [0.2, 0.25) is 0 Å². The number of rotatable bonds is 7. The Labute approximate surface area is 116 Å². The molecule has 0 atom stereocenters. The SMILES string of the molecule is CCc1nn(CC)c(CNC(C)(CC)CC)c1Cl. The molecule has 1 N–H and O–H groups in total. The summed E-state index contributed by atoms with van der Waals surface area (Å²) in [5.74, 6) is 0. The van der Waals surface area contributed by atoms with E-state index < -0.39 is 0 Å². The van der Waals surface area contributed by atoms with Crippen LogP contribution < -0.4 is 5.32 Å². The highest BCUT2D eigenvalue weighted by Crippen LogP contribution is 2.23. The first-order chi connectivity index (χ1) is 8.51. The molecule has 0 fully saturated rings. The Morgan fingerprint density at radius 3 is 2.28 bits per heavy atom. The van der Waals surface area contributed by atoms with E-state index in [2.05, 4.69) is 45.0 Å². The lowest BCUT2D eigenvalue weighted by Gasteiger charge is -2.28. The molecule has 0 bridgehead atoms. The molecule has 0 amide bonds. The topological polar surface area (TPSA) is 29.9 Å². The van der Waals surface area contributed by atoms with Crippen molar-refractivity contribution < 1.29 is 0 Å². The zero-order valence-electron chi connectivity index (χ0n) is 12.3. The number of nitrogens with one attached hydrogen (secondary N) is 1. The third kappa shape index (κ3) is 3.27. The monoisotopic (exact) mass is 271 g/mol. The Morgan fingerprint density at radius 2 is 1.83 bits per heavy atom. The second-order valence-corrected chi connectivity index (χ2v) is 5.38. The molecule has 0 saturated carbocycles. The predicted molar refractivity (Wildman–Crippen MR) is 78.1 cm³/mol. The van der Waals surface area contributed by atoms with E-state index in [1.807, 2.05) is 4.68 Å². The average Bonchev–Trinajstić information content (AvgIpc) is 2.72. The molecule has 0 spiro atoms. The van der Waals surface area contributed by atoms with Crippen LogP contribution in [0.4, 0.5) is 0 Å². The van der Waals surface area contributed by atoms with Gasteiger partial charge in [-0.1, -0.05) is 32.4 Å². The second kappa shape index (κ2) is 6.58. The fourth-order valence-electron chi connectivity index (χ4n) is 1.98. The fourth-order valence-corrected chi connectivity index (χ4v) is 2.32. The summed E-state index contributed by atoms with van der Waals surface area (Å²) in [6.07, 6.45) is 3.11. The zero-order valence-corrected chi connectivity index (χ0v) is 13.1. The molecule has 1 rings (SSSR count). The van der Waals surface area contributed by atoms with Gasteiger partial charge in [-0.15, -0.1) is 0 Å². The molecule has 0 radical (unpaired) electrons. The Hall–Kier alpha value is -0.540. The lowest BCUT2D eigenvalue weighted by Crippen LogP contribution is -2.41. The van der Waals surface area contributed by atoms with Crippen LogP contribution in [0.2, 0.25) is 5.02 Å². The molecule has 1 aromatic rings. The minimum atomic E-state index is 0.179. The smallest absolute Gasteiger partial charge is 0.0863 e. The molecular formula is C14H26ClN3. The van der Waals surface area contributed by atoms with Gasteiger partial charge >= 0.3 is 0 Å². The highest BCUT2D eigenvalue weighted by Gasteiger charge is 2.21. The first-order valence-electron chi connectivity index (χ1n) is 7.00. The van der Waals surface area contributed by atoms with Crippen molar-refractivity contribution in [2.24, 2.45) is 0 Å². The van der Waals surface area contributed by atoms with Crippen molar-refractivity contribution in [3.05, 3.63) is 16.4 Å². The maximum absolute atomic E-state index is 6.40. The van der Waals surface area contributed by atoms with Gasteiger partial charge in [0.1, 0.15) is 0 Å². The first-order valence-corrected chi connectivity index (χ1v) is 7.38. The Balaban J connectivity index is 2.87. The molecule has 0 aliphatic heterocycles. The first kappa shape index (κ1) is 15.5. The van der Waals surface area contributed by atoms with Crippen LogP contribution in [0.15, 0.2) is 0 Å². The summed E-state index contributed by atoms with van der Waals surface area (Å²) in [4.78, 5) is 0. The predicted octanol–water partition coefficient (Wildman–Crippen LogP) is 3.79. The van der Waals surface area contributed by atoms with Gasteiger partial charge in [-0.25, -0.2) is 0 Å². The molecular weight excluding hydrogens is 246 g/mol. The molecule has 0 aliphatic rings. The van der Waals surface area contributed by atoms with Crippen LogP contribution >= 0.6 is 11.6 Å². The van der Waals surface area contributed by atoms with Gasteiger partial charge in [-0.05, 0) is 33.1 Å². The molecule has 0 unspecified atom stereocenters. The maximum Gasteiger partial charge on any atom is 0.0863 e. The molecule has 104 valence electrons. The third-order valence-electron chi connectivity index (χ3n) is 3.94. The van der Waals surface area contributed by atoms with Crippen LogP contribution in [-0.2, 0) is 19.5 Å². The van der Waals surface area contributed by atoms with E-state index in [9.17, 15) is 0 Å². The van der Waals surface area contributed by atoms with E-state index in [-0.39, 0.29) is 5.54 Å². The number of aromatic nitrogens is 2. The van der Waals surface area contributed by atoms with Crippen LogP contribution in [0.1, 0.15) is 58.8 Å². The van der Waals surface area contributed by atoms with Crippen LogP contribution in [-0.4, -0.2) is 15.3 Å². The number of aryl methyl sites for hydroxylation is 2. The van der Waals surface area contributed by atoms with Crippen molar-refractivity contribution >= 4 is 11.6 Å². The summed E-state index contributed by atoms with van der Waals surface area (Å²) < 4.78 is 2.01. The van der Waals surface area contributed by atoms with Crippen molar-refractivity contribution in [1.82, 2.24) is 15.1 Å². The molecule has 0 aromatic carbocycles. The molecule has 3 nitrogen and oxygen atoms in total. The van der Waals surface area contributed by atoms with Crippen molar-refractivity contribution in [2.75, 3.05) is 0 Å². The number of hydrogen-bond donors (Lipinski definition) is 1. The summed E-state index contributed by atoms with van der Waals surface area (Å²) in [7, 11) is 0. The van der Waals surface area contributed by atoms with Crippen LogP contribution in [0, 0.1) is 0 Å². The Bertz CT molecular complexity index is 381. The number of nitrogens with zero attached hydrogens (tertiary/aromatic N) is 2. The highest BCUT2D eigenvalue weighted by atomic mass is 35.5. The van der Waals surface area contributed by atoms with Crippen molar-refractivity contribution in [3.8, 4) is 0 Å². The summed E-state index contributed by atoms with van der Waals surface area (Å²) in [6, 6.07) is 0. The highest BCUT2D eigenvalue weighted by molar-refractivity contribution is 6.31. The van der Waals surface area contributed by atoms with E-state index in [4.69, 9.17) is 11.6 Å². The van der Waals surface area contributed by atoms with Gasteiger partial charge in [-0.3, -0.25) is 4.68 Å².